The van der Waals surface area contributed by atoms with E-state index in [0.717, 1.165) is 5.56 Å². The van der Waals surface area contributed by atoms with Crippen molar-refractivity contribution in [3.63, 3.8) is 0 Å². The van der Waals surface area contributed by atoms with Crippen molar-refractivity contribution in [3.05, 3.63) is 71.8 Å². The van der Waals surface area contributed by atoms with Crippen LogP contribution in [0.1, 0.15) is 18.1 Å². The Hall–Kier alpha value is -2.48. The van der Waals surface area contributed by atoms with Gasteiger partial charge in [-0.3, -0.25) is 4.79 Å². The average Bonchev–Trinajstić information content (AvgIpc) is 2.99. The van der Waals surface area contributed by atoms with Crippen LogP contribution in [0.15, 0.2) is 60.7 Å². The number of benzene rings is 2. The molecule has 0 bridgehead atoms. The lowest BCUT2D eigenvalue weighted by atomic mass is 9.82. The van der Waals surface area contributed by atoms with E-state index in [1.165, 1.54) is 11.8 Å². The van der Waals surface area contributed by atoms with E-state index >= 15 is 0 Å². The predicted molar refractivity (Wildman–Crippen MR) is 113 cm³/mol. The molecular weight excluding hydrogens is 426 g/mol. The monoisotopic (exact) mass is 445 g/mol. The van der Waals surface area contributed by atoms with Crippen LogP contribution in [0.4, 0.5) is 0 Å². The van der Waals surface area contributed by atoms with Crippen LogP contribution in [0.25, 0.3) is 0 Å². The van der Waals surface area contributed by atoms with Crippen molar-refractivity contribution in [2.45, 2.75) is 36.6 Å². The smallest absolute Gasteiger partial charge is 0.331 e. The molecule has 2 fully saturated rings. The summed E-state index contributed by atoms with van der Waals surface area (Å²) in [5.41, 5.74) is 1.32. The Kier molecular flexibility index (Phi) is 5.53. The molecular formula is C22H20ClNO5S. The summed E-state index contributed by atoms with van der Waals surface area (Å²) in [6.45, 7) is 1.51. The number of β-lactam (4-membered cyclic amide) rings is 1. The number of carbonyl (C=O) groups is 2. The van der Waals surface area contributed by atoms with Crippen molar-refractivity contribution >= 4 is 39.6 Å². The topological polar surface area (TPSA) is 83.9 Å². The average molecular weight is 446 g/mol. The van der Waals surface area contributed by atoms with Gasteiger partial charge >= 0.3 is 5.97 Å². The zero-order chi connectivity index (χ0) is 21.5. The fraction of sp³-hybridized carbons (Fsp3) is 0.318. The molecule has 1 amide bonds. The lowest BCUT2D eigenvalue weighted by Gasteiger charge is -2.45. The molecule has 0 saturated carbocycles. The number of halogens is 1. The summed E-state index contributed by atoms with van der Waals surface area (Å²) in [6.07, 6.45) is -0.975. The van der Waals surface area contributed by atoms with Gasteiger partial charge in [-0.25, -0.2) is 9.00 Å². The second kappa shape index (κ2) is 7.98. The number of amides is 1. The maximum Gasteiger partial charge on any atom is 0.331 e. The van der Waals surface area contributed by atoms with Crippen molar-refractivity contribution in [1.29, 1.82) is 0 Å². The van der Waals surface area contributed by atoms with Crippen LogP contribution in [0, 0.1) is 5.92 Å². The molecule has 0 aliphatic carbocycles. The minimum Gasteiger partial charge on any atom is -0.459 e. The van der Waals surface area contributed by atoms with Gasteiger partial charge in [0, 0.05) is 0 Å². The summed E-state index contributed by atoms with van der Waals surface area (Å²) in [5, 5.41) is 10.1. The first-order chi connectivity index (χ1) is 14.4. The number of hydrogen-bond acceptors (Lipinski definition) is 5. The van der Waals surface area contributed by atoms with E-state index in [9.17, 15) is 18.9 Å². The molecule has 156 valence electrons. The summed E-state index contributed by atoms with van der Waals surface area (Å²) >= 11 is 7.21. The van der Waals surface area contributed by atoms with Crippen LogP contribution in [0.5, 0.6) is 0 Å². The van der Waals surface area contributed by atoms with Crippen LogP contribution in [-0.4, -0.2) is 49.1 Å². The molecule has 0 aromatic heterocycles. The van der Waals surface area contributed by atoms with Gasteiger partial charge in [0.15, 0.2) is 6.04 Å². The van der Waals surface area contributed by atoms with Crippen LogP contribution in [-0.2, 0) is 37.1 Å². The molecule has 2 aromatic carbocycles. The maximum absolute atomic E-state index is 13.2. The number of esters is 1. The zero-order valence-electron chi connectivity index (χ0n) is 16.1. The van der Waals surface area contributed by atoms with Gasteiger partial charge in [-0.2, -0.15) is 0 Å². The number of ether oxygens (including phenoxy) is 1. The van der Waals surface area contributed by atoms with Crippen molar-refractivity contribution in [2.75, 3.05) is 0 Å². The van der Waals surface area contributed by atoms with Gasteiger partial charge in [0.2, 0.25) is 5.91 Å². The molecule has 0 radical (unpaired) electrons. The van der Waals surface area contributed by atoms with Gasteiger partial charge in [-0.05, 0) is 18.1 Å². The van der Waals surface area contributed by atoms with Crippen LogP contribution in [0.3, 0.4) is 0 Å². The van der Waals surface area contributed by atoms with E-state index in [0.29, 0.717) is 5.56 Å². The van der Waals surface area contributed by atoms with Crippen LogP contribution >= 0.6 is 11.6 Å². The van der Waals surface area contributed by atoms with Gasteiger partial charge in [-0.15, -0.1) is 11.6 Å². The second-order valence-electron chi connectivity index (χ2n) is 7.48. The fourth-order valence-corrected chi connectivity index (χ4v) is 5.53. The number of fused-ring (bicyclic) bond motifs is 1. The van der Waals surface area contributed by atoms with Crippen molar-refractivity contribution in [1.82, 2.24) is 4.90 Å². The van der Waals surface area contributed by atoms with Gasteiger partial charge < -0.3 is 14.7 Å². The molecule has 2 saturated heterocycles. The summed E-state index contributed by atoms with van der Waals surface area (Å²) in [7, 11) is 0. The van der Waals surface area contributed by atoms with E-state index in [1.807, 2.05) is 30.3 Å². The van der Waals surface area contributed by atoms with Crippen molar-refractivity contribution in [3.8, 4) is 0 Å². The highest BCUT2D eigenvalue weighted by molar-refractivity contribution is 7.67. The van der Waals surface area contributed by atoms with Crippen LogP contribution in [0.2, 0.25) is 0 Å². The predicted octanol–water partition coefficient (Wildman–Crippen LogP) is 1.84. The van der Waals surface area contributed by atoms with E-state index in [2.05, 4.69) is 0 Å². The Bertz CT molecular complexity index is 1020. The van der Waals surface area contributed by atoms with E-state index in [1.54, 1.807) is 30.3 Å². The van der Waals surface area contributed by atoms with Crippen molar-refractivity contribution < 1.29 is 23.6 Å². The Labute approximate surface area is 182 Å². The molecule has 6 nitrogen and oxygen atoms in total. The number of carbonyl (C=O) groups excluding carboxylic acids is 2. The number of rotatable bonds is 5. The summed E-state index contributed by atoms with van der Waals surface area (Å²) < 4.78 is 17.7. The molecule has 2 aliphatic rings. The normalized spacial score (nSPS) is 28.5. The minimum absolute atomic E-state index is 0.0182. The number of aliphatic hydroxyl groups excluding tert-OH is 1. The van der Waals surface area contributed by atoms with Crippen molar-refractivity contribution in [2.24, 2.45) is 5.92 Å². The lowest BCUT2D eigenvalue weighted by molar-refractivity contribution is -0.171. The molecule has 2 aromatic rings. The second-order valence-corrected chi connectivity index (χ2v) is 8.68. The lowest BCUT2D eigenvalue weighted by Crippen LogP contribution is -2.66. The number of alkyl halides is 1. The molecule has 0 spiro atoms. The summed E-state index contributed by atoms with van der Waals surface area (Å²) in [6, 6.07) is 16.0. The number of aliphatic hydroxyl groups is 1. The van der Waals surface area contributed by atoms with Gasteiger partial charge in [0.25, 0.3) is 0 Å². The molecule has 4 rings (SSSR count). The molecule has 1 N–H and O–H groups in total. The third-order valence-electron chi connectivity index (χ3n) is 5.71. The number of hydrogen-bond donors (Lipinski definition) is 1. The highest BCUT2D eigenvalue weighted by Gasteiger charge is 2.71. The largest absolute Gasteiger partial charge is 0.459 e. The van der Waals surface area contributed by atoms with E-state index < -0.39 is 40.9 Å². The number of nitrogens with zero attached hydrogens (tertiary/aromatic N) is 1. The third kappa shape index (κ3) is 3.09. The Balaban J connectivity index is 1.74. The first-order valence-electron chi connectivity index (χ1n) is 9.53. The molecule has 5 unspecified atom stereocenters. The highest BCUT2D eigenvalue weighted by atomic mass is 35.5. The molecule has 8 heteroatoms. The van der Waals surface area contributed by atoms with E-state index in [4.69, 9.17) is 16.3 Å². The fourth-order valence-electron chi connectivity index (χ4n) is 4.30. The summed E-state index contributed by atoms with van der Waals surface area (Å²) in [5.74, 6) is -1.92. The molecule has 5 atom stereocenters. The Morgan fingerprint density at radius 2 is 1.80 bits per heavy atom. The standard InChI is InChI=1S/C22H20ClNO5S/c1-13(25)16-17-19(30-28)22(23,15-10-6-3-7-11-15)18(24(17)20(16)26)21(27)29-12-14-8-4-2-5-9-14/h2-11,13,16-18,25H,12H2,1H3. The molecule has 30 heavy (non-hydrogen) atoms. The van der Waals surface area contributed by atoms with E-state index in [-0.39, 0.29) is 22.7 Å². The summed E-state index contributed by atoms with van der Waals surface area (Å²) in [4.78, 5) is 26.0. The third-order valence-corrected chi connectivity index (χ3v) is 7.20. The zero-order valence-corrected chi connectivity index (χ0v) is 17.7. The Morgan fingerprint density at radius 1 is 1.20 bits per heavy atom. The minimum atomic E-state index is -1.55. The van der Waals surface area contributed by atoms with Gasteiger partial charge in [0.1, 0.15) is 11.5 Å². The molecule has 2 heterocycles. The Morgan fingerprint density at radius 3 is 2.37 bits per heavy atom. The first kappa shape index (κ1) is 20.8. The SMILES string of the molecule is CC(O)C1C(=O)N2C1C(=S=O)C(Cl)(c1ccccc1)C2C(=O)OCc1ccccc1. The highest BCUT2D eigenvalue weighted by Crippen LogP contribution is 2.52. The molecule has 2 aliphatic heterocycles. The maximum atomic E-state index is 13.2. The van der Waals surface area contributed by atoms with Gasteiger partial charge in [0.05, 0.1) is 34.2 Å². The first-order valence-corrected chi connectivity index (χ1v) is 10.7. The van der Waals surface area contributed by atoms with Crippen LogP contribution < -0.4 is 0 Å². The van der Waals surface area contributed by atoms with Gasteiger partial charge in [-0.1, -0.05) is 60.7 Å². The quantitative estimate of drug-likeness (QED) is 0.328.